The minimum absolute atomic E-state index is 0.113. The van der Waals surface area contributed by atoms with Crippen LogP contribution in [-0.2, 0) is 21.6 Å². The number of aliphatic hydroxyl groups is 1. The average molecular weight is 424 g/mol. The lowest BCUT2D eigenvalue weighted by molar-refractivity contribution is -0.124. The average Bonchev–Trinajstić information content (AvgIpc) is 3.19. The summed E-state index contributed by atoms with van der Waals surface area (Å²) in [4.78, 5) is 12.8. The zero-order valence-corrected chi connectivity index (χ0v) is 18.2. The molecule has 2 aliphatic heterocycles. The van der Waals surface area contributed by atoms with E-state index in [0.717, 1.165) is 49.7 Å². The van der Waals surface area contributed by atoms with Gasteiger partial charge in [0, 0.05) is 5.69 Å². The number of carbonyl (C=O) groups is 1. The van der Waals surface area contributed by atoms with Gasteiger partial charge in [-0.1, -0.05) is 18.2 Å². The lowest BCUT2D eigenvalue weighted by Gasteiger charge is -2.25. The summed E-state index contributed by atoms with van der Waals surface area (Å²) in [5.74, 6) is -0.353. The molecule has 0 saturated heterocycles. The first-order valence-electron chi connectivity index (χ1n) is 11.4. The summed E-state index contributed by atoms with van der Waals surface area (Å²) in [5, 5.41) is 12.6. The number of benzene rings is 2. The Hall–Kier alpha value is -2.24. The van der Waals surface area contributed by atoms with Gasteiger partial charge in [-0.25, -0.2) is 4.39 Å². The van der Waals surface area contributed by atoms with Crippen LogP contribution in [0.3, 0.4) is 0 Å². The molecule has 31 heavy (non-hydrogen) atoms. The quantitative estimate of drug-likeness (QED) is 0.697. The lowest BCUT2D eigenvalue weighted by Crippen LogP contribution is -2.22. The van der Waals surface area contributed by atoms with E-state index < -0.39 is 17.6 Å². The fourth-order valence-electron chi connectivity index (χ4n) is 5.58. The maximum Gasteiger partial charge on any atom is 0.235 e. The van der Waals surface area contributed by atoms with Gasteiger partial charge in [-0.15, -0.1) is 0 Å². The number of carbonyl (C=O) groups excluding carboxylic acids is 1. The molecule has 1 amide bonds. The van der Waals surface area contributed by atoms with Gasteiger partial charge in [0.1, 0.15) is 5.82 Å². The fraction of sp³-hybridized carbons (Fsp3) is 0.500. The van der Waals surface area contributed by atoms with E-state index in [0.29, 0.717) is 17.2 Å². The molecule has 2 aromatic carbocycles. The van der Waals surface area contributed by atoms with Crippen molar-refractivity contribution in [3.8, 4) is 0 Å². The molecule has 2 aromatic rings. The number of halogens is 1. The van der Waals surface area contributed by atoms with Crippen molar-refractivity contribution in [1.29, 1.82) is 0 Å². The van der Waals surface area contributed by atoms with Crippen LogP contribution in [0.5, 0.6) is 0 Å². The van der Waals surface area contributed by atoms with Crippen LogP contribution in [-0.4, -0.2) is 17.1 Å². The molecule has 2 N–H and O–H groups in total. The SMILES string of the molecule is CC1(C)OC(C2C(=O)Nc3ccc(F)cc32)c2ccc(CCC3CCC(O)CC3)cc21. The number of anilines is 1. The topological polar surface area (TPSA) is 58.6 Å². The fourth-order valence-corrected chi connectivity index (χ4v) is 5.58. The number of aliphatic hydroxyl groups excluding tert-OH is 1. The second kappa shape index (κ2) is 7.72. The maximum atomic E-state index is 13.9. The van der Waals surface area contributed by atoms with E-state index in [1.54, 1.807) is 6.07 Å². The van der Waals surface area contributed by atoms with Gasteiger partial charge in [0.05, 0.1) is 23.7 Å². The van der Waals surface area contributed by atoms with Crippen molar-refractivity contribution in [1.82, 2.24) is 0 Å². The number of hydrogen-bond donors (Lipinski definition) is 2. The van der Waals surface area contributed by atoms with E-state index in [4.69, 9.17) is 4.74 Å². The molecule has 0 bridgehead atoms. The molecule has 0 aromatic heterocycles. The molecule has 1 aliphatic carbocycles. The monoisotopic (exact) mass is 423 g/mol. The molecule has 2 heterocycles. The summed E-state index contributed by atoms with van der Waals surface area (Å²) >= 11 is 0. The molecular formula is C26H30FNO3. The van der Waals surface area contributed by atoms with Crippen molar-refractivity contribution in [2.45, 2.75) is 76.1 Å². The molecule has 0 radical (unpaired) electrons. The highest BCUT2D eigenvalue weighted by Crippen LogP contribution is 2.52. The third kappa shape index (κ3) is 3.79. The first-order valence-corrected chi connectivity index (χ1v) is 11.4. The van der Waals surface area contributed by atoms with Gasteiger partial charge >= 0.3 is 0 Å². The molecule has 3 aliphatic rings. The summed E-state index contributed by atoms with van der Waals surface area (Å²) < 4.78 is 20.3. The molecular weight excluding hydrogens is 393 g/mol. The number of ether oxygens (including phenoxy) is 1. The standard InChI is InChI=1S/C26H30FNO3/c1-26(2)21-13-16(4-3-15-5-9-18(29)10-6-15)7-11-19(21)24(31-26)23-20-14-17(27)8-12-22(20)28-25(23)30/h7-8,11-15,18,23-24,29H,3-6,9-10H2,1-2H3,(H,28,30). The van der Waals surface area contributed by atoms with Crippen LogP contribution < -0.4 is 5.32 Å². The first kappa shape index (κ1) is 20.7. The lowest BCUT2D eigenvalue weighted by atomic mass is 9.83. The first-order chi connectivity index (χ1) is 14.8. The van der Waals surface area contributed by atoms with Crippen LogP contribution >= 0.6 is 0 Å². The molecule has 2 atom stereocenters. The number of hydrogen-bond acceptors (Lipinski definition) is 3. The summed E-state index contributed by atoms with van der Waals surface area (Å²) in [6.45, 7) is 4.08. The Kier molecular flexibility index (Phi) is 5.14. The third-order valence-electron chi connectivity index (χ3n) is 7.34. The van der Waals surface area contributed by atoms with Gasteiger partial charge in [-0.3, -0.25) is 4.79 Å². The normalized spacial score (nSPS) is 28.8. The van der Waals surface area contributed by atoms with E-state index >= 15 is 0 Å². The summed E-state index contributed by atoms with van der Waals surface area (Å²) in [7, 11) is 0. The second-order valence-corrected chi connectivity index (χ2v) is 9.88. The predicted octanol–water partition coefficient (Wildman–Crippen LogP) is 5.35. The Morgan fingerprint density at radius 1 is 1.10 bits per heavy atom. The molecule has 2 unspecified atom stereocenters. The summed E-state index contributed by atoms with van der Waals surface area (Å²) in [6, 6.07) is 10.9. The van der Waals surface area contributed by atoms with Crippen molar-refractivity contribution in [2.24, 2.45) is 5.92 Å². The molecule has 1 fully saturated rings. The number of aryl methyl sites for hydroxylation is 1. The van der Waals surface area contributed by atoms with Crippen LogP contribution in [0.1, 0.15) is 80.2 Å². The van der Waals surface area contributed by atoms with Crippen molar-refractivity contribution >= 4 is 11.6 Å². The van der Waals surface area contributed by atoms with Gasteiger partial charge in [0.2, 0.25) is 5.91 Å². The van der Waals surface area contributed by atoms with Crippen molar-refractivity contribution in [2.75, 3.05) is 5.32 Å². The highest BCUT2D eigenvalue weighted by atomic mass is 19.1. The van der Waals surface area contributed by atoms with Crippen molar-refractivity contribution < 1.29 is 19.0 Å². The summed E-state index contributed by atoms with van der Waals surface area (Å²) in [6.07, 6.45) is 5.65. The minimum Gasteiger partial charge on any atom is -0.393 e. The Bertz CT molecular complexity index is 1010. The maximum absolute atomic E-state index is 13.9. The van der Waals surface area contributed by atoms with Crippen LogP contribution in [0.25, 0.3) is 0 Å². The van der Waals surface area contributed by atoms with E-state index in [2.05, 4.69) is 23.5 Å². The highest BCUT2D eigenvalue weighted by Gasteiger charge is 2.47. The molecule has 164 valence electrons. The minimum atomic E-state index is -0.550. The number of fused-ring (bicyclic) bond motifs is 2. The third-order valence-corrected chi connectivity index (χ3v) is 7.34. The van der Waals surface area contributed by atoms with Gasteiger partial charge in [-0.2, -0.15) is 0 Å². The van der Waals surface area contributed by atoms with Crippen LogP contribution in [0, 0.1) is 11.7 Å². The molecule has 0 spiro atoms. The van der Waals surface area contributed by atoms with Gasteiger partial charge in [0.15, 0.2) is 0 Å². The second-order valence-electron chi connectivity index (χ2n) is 9.88. The van der Waals surface area contributed by atoms with Gasteiger partial charge in [0.25, 0.3) is 0 Å². The Morgan fingerprint density at radius 2 is 1.87 bits per heavy atom. The van der Waals surface area contributed by atoms with Crippen molar-refractivity contribution in [3.05, 3.63) is 64.5 Å². The Labute approximate surface area is 182 Å². The van der Waals surface area contributed by atoms with Crippen LogP contribution in [0.2, 0.25) is 0 Å². The Morgan fingerprint density at radius 3 is 2.65 bits per heavy atom. The van der Waals surface area contributed by atoms with Crippen molar-refractivity contribution in [3.63, 3.8) is 0 Å². The molecule has 5 heteroatoms. The Balaban J connectivity index is 1.39. The van der Waals surface area contributed by atoms with Gasteiger partial charge < -0.3 is 15.2 Å². The highest BCUT2D eigenvalue weighted by molar-refractivity contribution is 6.03. The van der Waals surface area contributed by atoms with Crippen LogP contribution in [0.15, 0.2) is 36.4 Å². The smallest absolute Gasteiger partial charge is 0.235 e. The van der Waals surface area contributed by atoms with E-state index in [1.807, 2.05) is 13.8 Å². The van der Waals surface area contributed by atoms with Crippen LogP contribution in [0.4, 0.5) is 10.1 Å². The largest absolute Gasteiger partial charge is 0.393 e. The molecule has 4 nitrogen and oxygen atoms in total. The number of amides is 1. The predicted molar refractivity (Wildman–Crippen MR) is 117 cm³/mol. The van der Waals surface area contributed by atoms with Gasteiger partial charge in [-0.05, 0) is 98.7 Å². The number of rotatable bonds is 4. The zero-order valence-electron chi connectivity index (χ0n) is 18.2. The zero-order chi connectivity index (χ0) is 21.8. The van der Waals surface area contributed by atoms with E-state index in [1.165, 1.54) is 17.7 Å². The summed E-state index contributed by atoms with van der Waals surface area (Å²) in [5.41, 5.74) is 4.24. The van der Waals surface area contributed by atoms with E-state index in [-0.39, 0.29) is 17.8 Å². The molecule has 5 rings (SSSR count). The van der Waals surface area contributed by atoms with E-state index in [9.17, 15) is 14.3 Å². The molecule has 1 saturated carbocycles. The number of nitrogens with one attached hydrogen (secondary N) is 1.